The van der Waals surface area contributed by atoms with E-state index in [9.17, 15) is 9.59 Å². The molecule has 1 aromatic heterocycles. The molecule has 4 N–H and O–H groups in total. The van der Waals surface area contributed by atoms with Gasteiger partial charge in [-0.15, -0.1) is 0 Å². The highest BCUT2D eigenvalue weighted by Crippen LogP contribution is 2.12. The smallest absolute Gasteiger partial charge is 0.336 e. The van der Waals surface area contributed by atoms with Gasteiger partial charge in [0.05, 0.1) is 22.7 Å². The van der Waals surface area contributed by atoms with Gasteiger partial charge < -0.3 is 21.0 Å². The summed E-state index contributed by atoms with van der Waals surface area (Å²) in [5, 5.41) is 7.80. The quantitative estimate of drug-likeness (QED) is 0.193. The van der Waals surface area contributed by atoms with Crippen molar-refractivity contribution in [1.29, 1.82) is 0 Å². The fourth-order valence-corrected chi connectivity index (χ4v) is 2.32. The molecule has 0 aliphatic heterocycles. The SMILES string of the molecule is Cc1c(I)cnn1CCC(=O)O/N=C(\N)c1ccc(OCC(N)=O)cc1. The van der Waals surface area contributed by atoms with Gasteiger partial charge in [0.2, 0.25) is 0 Å². The number of benzene rings is 1. The minimum absolute atomic E-state index is 0.0459. The van der Waals surface area contributed by atoms with Crippen LogP contribution in [0.5, 0.6) is 5.75 Å². The van der Waals surface area contributed by atoms with E-state index in [0.717, 1.165) is 9.26 Å². The Bertz CT molecular complexity index is 817. The Morgan fingerprint density at radius 2 is 1.96 bits per heavy atom. The third-order valence-electron chi connectivity index (χ3n) is 3.35. The van der Waals surface area contributed by atoms with Gasteiger partial charge in [0, 0.05) is 11.3 Å². The number of ether oxygens (including phenoxy) is 1. The number of amidine groups is 1. The summed E-state index contributed by atoms with van der Waals surface area (Å²) in [5.41, 5.74) is 12.3. The van der Waals surface area contributed by atoms with E-state index in [-0.39, 0.29) is 18.9 Å². The van der Waals surface area contributed by atoms with Crippen molar-refractivity contribution in [2.45, 2.75) is 19.9 Å². The highest BCUT2D eigenvalue weighted by Gasteiger charge is 2.09. The number of rotatable bonds is 8. The van der Waals surface area contributed by atoms with Crippen LogP contribution in [0, 0.1) is 10.5 Å². The monoisotopic (exact) mass is 471 g/mol. The van der Waals surface area contributed by atoms with Crippen LogP contribution in [-0.4, -0.2) is 34.1 Å². The molecule has 0 bridgehead atoms. The standard InChI is InChI=1S/C16H18IN5O4/c1-10-13(17)8-20-22(10)7-6-15(24)26-21-16(19)11-2-4-12(5-3-11)25-9-14(18)23/h2-5,8H,6-7,9H2,1H3,(H2,18,23)(H2,19,21). The molecule has 10 heteroatoms. The molecule has 0 radical (unpaired) electrons. The first kappa shape index (κ1) is 19.7. The number of carbonyl (C=O) groups is 2. The van der Waals surface area contributed by atoms with E-state index in [0.29, 0.717) is 17.9 Å². The van der Waals surface area contributed by atoms with Crippen molar-refractivity contribution in [1.82, 2.24) is 9.78 Å². The summed E-state index contributed by atoms with van der Waals surface area (Å²) < 4.78 is 7.89. The van der Waals surface area contributed by atoms with Gasteiger partial charge in [-0.2, -0.15) is 5.10 Å². The van der Waals surface area contributed by atoms with Crippen LogP contribution in [0.15, 0.2) is 35.6 Å². The number of oxime groups is 1. The van der Waals surface area contributed by atoms with Crippen LogP contribution in [0.25, 0.3) is 0 Å². The fraction of sp³-hybridized carbons (Fsp3) is 0.250. The molecule has 0 spiro atoms. The molecule has 1 amide bonds. The molecule has 0 saturated heterocycles. The Labute approximate surface area is 163 Å². The maximum absolute atomic E-state index is 11.8. The molecule has 0 fully saturated rings. The largest absolute Gasteiger partial charge is 0.484 e. The second-order valence-electron chi connectivity index (χ2n) is 5.27. The number of carbonyl (C=O) groups excluding carboxylic acids is 2. The number of aryl methyl sites for hydroxylation is 1. The van der Waals surface area contributed by atoms with Gasteiger partial charge in [-0.3, -0.25) is 9.48 Å². The number of nitrogens with two attached hydrogens (primary N) is 2. The van der Waals surface area contributed by atoms with Gasteiger partial charge in [-0.1, -0.05) is 5.16 Å². The normalized spacial score (nSPS) is 11.2. The average molecular weight is 471 g/mol. The van der Waals surface area contributed by atoms with Crippen LogP contribution >= 0.6 is 22.6 Å². The van der Waals surface area contributed by atoms with E-state index >= 15 is 0 Å². The maximum Gasteiger partial charge on any atom is 0.336 e. The summed E-state index contributed by atoms with van der Waals surface area (Å²) in [7, 11) is 0. The maximum atomic E-state index is 11.8. The summed E-state index contributed by atoms with van der Waals surface area (Å²) >= 11 is 2.17. The predicted octanol–water partition coefficient (Wildman–Crippen LogP) is 0.914. The van der Waals surface area contributed by atoms with Gasteiger partial charge in [-0.25, -0.2) is 4.79 Å². The molecule has 2 aromatic rings. The lowest BCUT2D eigenvalue weighted by molar-refractivity contribution is -0.144. The molecule has 1 heterocycles. The van der Waals surface area contributed by atoms with E-state index in [1.165, 1.54) is 0 Å². The fourth-order valence-electron chi connectivity index (χ4n) is 1.92. The van der Waals surface area contributed by atoms with E-state index < -0.39 is 11.9 Å². The Morgan fingerprint density at radius 3 is 2.54 bits per heavy atom. The number of amides is 1. The minimum atomic E-state index is -0.568. The first-order valence-corrected chi connectivity index (χ1v) is 8.67. The van der Waals surface area contributed by atoms with Crippen molar-refractivity contribution >= 4 is 40.3 Å². The number of hydrogen-bond donors (Lipinski definition) is 2. The Hall–Kier alpha value is -2.63. The summed E-state index contributed by atoms with van der Waals surface area (Å²) in [6, 6.07) is 6.45. The Morgan fingerprint density at radius 1 is 1.27 bits per heavy atom. The molecule has 0 unspecified atom stereocenters. The molecule has 26 heavy (non-hydrogen) atoms. The summed E-state index contributed by atoms with van der Waals surface area (Å²) in [5.74, 6) is -0.576. The molecular weight excluding hydrogens is 453 g/mol. The Balaban J connectivity index is 1.85. The van der Waals surface area contributed by atoms with Crippen LogP contribution < -0.4 is 16.2 Å². The molecule has 0 atom stereocenters. The number of primary amides is 1. The highest BCUT2D eigenvalue weighted by molar-refractivity contribution is 14.1. The van der Waals surface area contributed by atoms with Crippen molar-refractivity contribution in [3.63, 3.8) is 0 Å². The second kappa shape index (κ2) is 9.17. The third-order valence-corrected chi connectivity index (χ3v) is 4.41. The molecule has 0 aliphatic rings. The van der Waals surface area contributed by atoms with Gasteiger partial charge in [0.25, 0.3) is 5.91 Å². The van der Waals surface area contributed by atoms with Gasteiger partial charge in [0.15, 0.2) is 12.4 Å². The van der Waals surface area contributed by atoms with Crippen LogP contribution in [-0.2, 0) is 21.0 Å². The molecule has 1 aromatic carbocycles. The zero-order valence-electron chi connectivity index (χ0n) is 14.0. The lowest BCUT2D eigenvalue weighted by Gasteiger charge is -2.05. The van der Waals surface area contributed by atoms with Crippen molar-refractivity contribution in [3.05, 3.63) is 45.3 Å². The zero-order chi connectivity index (χ0) is 19.1. The summed E-state index contributed by atoms with van der Waals surface area (Å²) in [4.78, 5) is 27.3. The lowest BCUT2D eigenvalue weighted by Crippen LogP contribution is -2.20. The van der Waals surface area contributed by atoms with Crippen LogP contribution in [0.2, 0.25) is 0 Å². The predicted molar refractivity (Wildman–Crippen MR) is 102 cm³/mol. The van der Waals surface area contributed by atoms with Gasteiger partial charge in [0.1, 0.15) is 5.75 Å². The van der Waals surface area contributed by atoms with E-state index in [4.69, 9.17) is 21.0 Å². The first-order chi connectivity index (χ1) is 12.4. The first-order valence-electron chi connectivity index (χ1n) is 7.59. The summed E-state index contributed by atoms with van der Waals surface area (Å²) in [6.07, 6.45) is 1.85. The highest BCUT2D eigenvalue weighted by atomic mass is 127. The molecule has 138 valence electrons. The van der Waals surface area contributed by atoms with E-state index in [2.05, 4.69) is 32.8 Å². The minimum Gasteiger partial charge on any atom is -0.484 e. The summed E-state index contributed by atoms with van der Waals surface area (Å²) in [6.45, 7) is 2.11. The van der Waals surface area contributed by atoms with Crippen molar-refractivity contribution in [2.24, 2.45) is 16.6 Å². The zero-order valence-corrected chi connectivity index (χ0v) is 16.2. The lowest BCUT2D eigenvalue weighted by atomic mass is 10.2. The number of aromatic nitrogens is 2. The molecule has 0 aliphatic carbocycles. The number of hydrogen-bond acceptors (Lipinski definition) is 6. The van der Waals surface area contributed by atoms with Crippen LogP contribution in [0.3, 0.4) is 0 Å². The van der Waals surface area contributed by atoms with Crippen LogP contribution in [0.1, 0.15) is 17.7 Å². The van der Waals surface area contributed by atoms with Gasteiger partial charge >= 0.3 is 5.97 Å². The molecule has 9 nitrogen and oxygen atoms in total. The average Bonchev–Trinajstić information content (AvgIpc) is 2.95. The van der Waals surface area contributed by atoms with E-state index in [1.54, 1.807) is 35.1 Å². The van der Waals surface area contributed by atoms with Gasteiger partial charge in [-0.05, 0) is 53.8 Å². The van der Waals surface area contributed by atoms with Crippen molar-refractivity contribution in [2.75, 3.05) is 6.61 Å². The topological polar surface area (TPSA) is 135 Å². The van der Waals surface area contributed by atoms with E-state index in [1.807, 2.05) is 6.92 Å². The second-order valence-corrected chi connectivity index (χ2v) is 6.43. The van der Waals surface area contributed by atoms with Crippen molar-refractivity contribution < 1.29 is 19.2 Å². The molecular formula is C16H18IN5O4. The number of nitrogens with zero attached hydrogens (tertiary/aromatic N) is 3. The van der Waals surface area contributed by atoms with Crippen molar-refractivity contribution in [3.8, 4) is 5.75 Å². The number of halogens is 1. The molecule has 0 saturated carbocycles. The van der Waals surface area contributed by atoms with Crippen LogP contribution in [0.4, 0.5) is 0 Å². The molecule has 2 rings (SSSR count). The third kappa shape index (κ3) is 5.72. The Kier molecular flexibility index (Phi) is 6.95.